The van der Waals surface area contributed by atoms with Crippen molar-refractivity contribution in [1.29, 1.82) is 0 Å². The molecule has 1 atom stereocenters. The van der Waals surface area contributed by atoms with Crippen LogP contribution in [0.2, 0.25) is 0 Å². The Morgan fingerprint density at radius 2 is 1.96 bits per heavy atom. The van der Waals surface area contributed by atoms with Crippen LogP contribution in [-0.2, 0) is 11.3 Å². The van der Waals surface area contributed by atoms with Crippen molar-refractivity contribution in [3.8, 4) is 0 Å². The Hall–Kier alpha value is -2.21. The smallest absolute Gasteiger partial charge is 0.222 e. The molecule has 0 unspecified atom stereocenters. The summed E-state index contributed by atoms with van der Waals surface area (Å²) in [5, 5.41) is 4.15. The topological polar surface area (TPSA) is 41.4 Å². The van der Waals surface area contributed by atoms with Crippen molar-refractivity contribution >= 4 is 5.91 Å². The van der Waals surface area contributed by atoms with E-state index in [1.807, 2.05) is 40.9 Å². The van der Waals surface area contributed by atoms with Gasteiger partial charge in [-0.05, 0) is 25.5 Å². The number of carbonyl (C=O) groups is 1. The number of piperazine rings is 1. The molecule has 1 aromatic carbocycles. The average molecular weight is 344 g/mol. The fraction of sp³-hybridized carbons (Fsp3) is 0.474. The molecule has 0 radical (unpaired) electrons. The van der Waals surface area contributed by atoms with Crippen molar-refractivity contribution in [2.75, 3.05) is 26.2 Å². The van der Waals surface area contributed by atoms with E-state index in [-0.39, 0.29) is 17.8 Å². The molecule has 5 nitrogen and oxygen atoms in total. The van der Waals surface area contributed by atoms with Gasteiger partial charge in [-0.2, -0.15) is 5.10 Å². The van der Waals surface area contributed by atoms with Crippen molar-refractivity contribution in [2.24, 2.45) is 0 Å². The Kier molecular flexibility index (Phi) is 5.81. The van der Waals surface area contributed by atoms with Crippen LogP contribution < -0.4 is 0 Å². The summed E-state index contributed by atoms with van der Waals surface area (Å²) in [6.45, 7) is 5.77. The van der Waals surface area contributed by atoms with E-state index in [9.17, 15) is 9.18 Å². The van der Waals surface area contributed by atoms with E-state index in [1.165, 1.54) is 6.07 Å². The van der Waals surface area contributed by atoms with Crippen LogP contribution in [0, 0.1) is 5.82 Å². The molecule has 0 N–H and O–H groups in total. The first-order valence-electron chi connectivity index (χ1n) is 8.89. The lowest BCUT2D eigenvalue weighted by Gasteiger charge is -2.38. The van der Waals surface area contributed by atoms with Crippen LogP contribution in [0.15, 0.2) is 42.7 Å². The first-order chi connectivity index (χ1) is 12.1. The Labute approximate surface area is 148 Å². The standard InChI is InChI=1S/C19H25FN4O/c1-16(17-6-2-3-7-18(17)20)22-12-14-23(15-13-22)19(25)8-4-10-24-11-5-9-21-24/h2-3,5-7,9,11,16H,4,8,10,12-15H2,1H3/t16-/m1/s1. The molecule has 3 rings (SSSR count). The van der Waals surface area contributed by atoms with Gasteiger partial charge in [0.25, 0.3) is 0 Å². The summed E-state index contributed by atoms with van der Waals surface area (Å²) < 4.78 is 15.8. The second-order valence-corrected chi connectivity index (χ2v) is 6.49. The molecular weight excluding hydrogens is 319 g/mol. The predicted molar refractivity (Wildman–Crippen MR) is 94.4 cm³/mol. The number of carbonyl (C=O) groups excluding carboxylic acids is 1. The summed E-state index contributed by atoms with van der Waals surface area (Å²) in [6.07, 6.45) is 5.00. The lowest BCUT2D eigenvalue weighted by atomic mass is 10.1. The molecule has 1 aliphatic heterocycles. The van der Waals surface area contributed by atoms with Crippen molar-refractivity contribution in [3.05, 3.63) is 54.1 Å². The maximum Gasteiger partial charge on any atom is 0.222 e. The van der Waals surface area contributed by atoms with Gasteiger partial charge >= 0.3 is 0 Å². The van der Waals surface area contributed by atoms with Crippen LogP contribution in [0.4, 0.5) is 4.39 Å². The summed E-state index contributed by atoms with van der Waals surface area (Å²) >= 11 is 0. The van der Waals surface area contributed by atoms with Gasteiger partial charge in [-0.1, -0.05) is 18.2 Å². The van der Waals surface area contributed by atoms with Crippen molar-refractivity contribution in [2.45, 2.75) is 32.4 Å². The van der Waals surface area contributed by atoms with E-state index in [2.05, 4.69) is 10.00 Å². The number of hydrogen-bond acceptors (Lipinski definition) is 3. The fourth-order valence-corrected chi connectivity index (χ4v) is 3.35. The number of rotatable bonds is 6. The Balaban J connectivity index is 1.45. The Bertz CT molecular complexity index is 680. The fourth-order valence-electron chi connectivity index (χ4n) is 3.35. The highest BCUT2D eigenvalue weighted by molar-refractivity contribution is 5.76. The van der Waals surface area contributed by atoms with E-state index < -0.39 is 0 Å². The predicted octanol–water partition coefficient (Wildman–Crippen LogP) is 2.71. The quantitative estimate of drug-likeness (QED) is 0.809. The number of aryl methyl sites for hydroxylation is 1. The molecule has 1 aliphatic rings. The van der Waals surface area contributed by atoms with E-state index >= 15 is 0 Å². The molecule has 1 fully saturated rings. The molecule has 0 saturated carbocycles. The SMILES string of the molecule is C[C@H](c1ccccc1F)N1CCN(C(=O)CCCn2cccn2)CC1. The maximum absolute atomic E-state index is 14.0. The van der Waals surface area contributed by atoms with Gasteiger partial charge in [0.15, 0.2) is 0 Å². The van der Waals surface area contributed by atoms with E-state index in [0.29, 0.717) is 19.5 Å². The molecule has 25 heavy (non-hydrogen) atoms. The zero-order valence-electron chi connectivity index (χ0n) is 14.6. The van der Waals surface area contributed by atoms with Gasteiger partial charge < -0.3 is 4.90 Å². The van der Waals surface area contributed by atoms with Crippen LogP contribution in [0.25, 0.3) is 0 Å². The number of nitrogens with zero attached hydrogens (tertiary/aromatic N) is 4. The number of halogens is 1. The molecular formula is C19H25FN4O. The van der Waals surface area contributed by atoms with Crippen molar-refractivity contribution < 1.29 is 9.18 Å². The summed E-state index contributed by atoms with van der Waals surface area (Å²) in [5.74, 6) is 0.0393. The zero-order chi connectivity index (χ0) is 17.6. The molecule has 1 amide bonds. The maximum atomic E-state index is 14.0. The highest BCUT2D eigenvalue weighted by Crippen LogP contribution is 2.24. The second kappa shape index (κ2) is 8.25. The number of benzene rings is 1. The van der Waals surface area contributed by atoms with Gasteiger partial charge in [-0.3, -0.25) is 14.4 Å². The van der Waals surface area contributed by atoms with Crippen molar-refractivity contribution in [3.63, 3.8) is 0 Å². The minimum absolute atomic E-state index is 0.0262. The van der Waals surface area contributed by atoms with E-state index in [0.717, 1.165) is 31.6 Å². The van der Waals surface area contributed by atoms with Gasteiger partial charge in [0.2, 0.25) is 5.91 Å². The molecule has 6 heteroatoms. The highest BCUT2D eigenvalue weighted by Gasteiger charge is 2.25. The van der Waals surface area contributed by atoms with Crippen LogP contribution >= 0.6 is 0 Å². The molecule has 1 saturated heterocycles. The summed E-state index contributed by atoms with van der Waals surface area (Å²) in [5.41, 5.74) is 0.724. The molecule has 1 aromatic heterocycles. The lowest BCUT2D eigenvalue weighted by Crippen LogP contribution is -2.49. The molecule has 0 aliphatic carbocycles. The summed E-state index contributed by atoms with van der Waals surface area (Å²) in [4.78, 5) is 16.5. The Morgan fingerprint density at radius 1 is 1.20 bits per heavy atom. The van der Waals surface area contributed by atoms with Crippen LogP contribution in [0.3, 0.4) is 0 Å². The number of hydrogen-bond donors (Lipinski definition) is 0. The van der Waals surface area contributed by atoms with Gasteiger partial charge in [0.05, 0.1) is 0 Å². The third kappa shape index (κ3) is 4.45. The van der Waals surface area contributed by atoms with Gasteiger partial charge in [-0.25, -0.2) is 4.39 Å². The highest BCUT2D eigenvalue weighted by atomic mass is 19.1. The first-order valence-corrected chi connectivity index (χ1v) is 8.89. The van der Waals surface area contributed by atoms with Gasteiger partial charge in [0.1, 0.15) is 5.82 Å². The minimum Gasteiger partial charge on any atom is -0.340 e. The summed E-state index contributed by atoms with van der Waals surface area (Å²) in [6, 6.07) is 8.84. The lowest BCUT2D eigenvalue weighted by molar-refractivity contribution is -0.133. The number of amides is 1. The van der Waals surface area contributed by atoms with E-state index in [4.69, 9.17) is 0 Å². The third-order valence-corrected chi connectivity index (χ3v) is 4.91. The molecule has 0 spiro atoms. The average Bonchev–Trinajstić information content (AvgIpc) is 3.15. The Morgan fingerprint density at radius 3 is 2.64 bits per heavy atom. The first kappa shape index (κ1) is 17.6. The van der Waals surface area contributed by atoms with Crippen molar-refractivity contribution in [1.82, 2.24) is 19.6 Å². The van der Waals surface area contributed by atoms with Gasteiger partial charge in [-0.15, -0.1) is 0 Å². The van der Waals surface area contributed by atoms with Crippen LogP contribution in [0.5, 0.6) is 0 Å². The normalized spacial score (nSPS) is 16.8. The van der Waals surface area contributed by atoms with Crippen LogP contribution in [0.1, 0.15) is 31.4 Å². The molecule has 0 bridgehead atoms. The minimum atomic E-state index is -0.160. The second-order valence-electron chi connectivity index (χ2n) is 6.49. The van der Waals surface area contributed by atoms with Gasteiger partial charge in [0, 0.05) is 63.1 Å². The van der Waals surface area contributed by atoms with E-state index in [1.54, 1.807) is 12.3 Å². The third-order valence-electron chi connectivity index (χ3n) is 4.91. The van der Waals surface area contributed by atoms with Crippen LogP contribution in [-0.4, -0.2) is 51.7 Å². The molecule has 134 valence electrons. The largest absolute Gasteiger partial charge is 0.340 e. The number of aromatic nitrogens is 2. The zero-order valence-corrected chi connectivity index (χ0v) is 14.6. The summed E-state index contributed by atoms with van der Waals surface area (Å²) in [7, 11) is 0. The molecule has 2 aromatic rings. The monoisotopic (exact) mass is 344 g/mol. The molecule has 2 heterocycles.